The monoisotopic (exact) mass is 264 g/mol. The number of thiocarbonyl (C=S) groups is 1. The van der Waals surface area contributed by atoms with Gasteiger partial charge in [-0.05, 0) is 20.3 Å². The fraction of sp³-hybridized carbons (Fsp3) is 0.778. The predicted molar refractivity (Wildman–Crippen MR) is 65.8 cm³/mol. The van der Waals surface area contributed by atoms with E-state index < -0.39 is 21.3 Å². The summed E-state index contributed by atoms with van der Waals surface area (Å²) in [5, 5.41) is 2.71. The third-order valence-corrected chi connectivity index (χ3v) is 5.01. The van der Waals surface area contributed by atoms with Gasteiger partial charge in [0.15, 0.2) is 9.84 Å². The Hall–Kier alpha value is -0.690. The van der Waals surface area contributed by atoms with Crippen LogP contribution in [0.3, 0.4) is 0 Å². The van der Waals surface area contributed by atoms with Gasteiger partial charge >= 0.3 is 0 Å². The zero-order valence-corrected chi connectivity index (χ0v) is 11.0. The highest BCUT2D eigenvalue weighted by atomic mass is 32.2. The molecule has 2 atom stereocenters. The van der Waals surface area contributed by atoms with Crippen molar-refractivity contribution in [2.45, 2.75) is 25.8 Å². The Morgan fingerprint density at radius 2 is 2.12 bits per heavy atom. The molecule has 0 aromatic carbocycles. The third kappa shape index (κ3) is 3.15. The molecule has 1 rings (SSSR count). The van der Waals surface area contributed by atoms with Crippen molar-refractivity contribution >= 4 is 33.0 Å². The molecule has 1 aliphatic heterocycles. The molecule has 0 radical (unpaired) electrons. The number of nitrogens with one attached hydrogen (secondary N) is 1. The third-order valence-electron chi connectivity index (χ3n) is 2.75. The van der Waals surface area contributed by atoms with Crippen LogP contribution in [0.15, 0.2) is 0 Å². The molecule has 1 amide bonds. The average Bonchev–Trinajstić information content (AvgIpc) is 2.38. The molecule has 0 aromatic rings. The van der Waals surface area contributed by atoms with Crippen molar-refractivity contribution in [3.63, 3.8) is 0 Å². The molecule has 5 nitrogen and oxygen atoms in total. The molecule has 3 N–H and O–H groups in total. The molecule has 0 aromatic heterocycles. The summed E-state index contributed by atoms with van der Waals surface area (Å²) in [5.74, 6) is -0.789. The molecule has 92 valence electrons. The lowest BCUT2D eigenvalue weighted by molar-refractivity contribution is -0.124. The standard InChI is InChI=1S/C9H16N2O3S2/c1-6(7(10)15)8(12)11-9(2)3-4-16(13,14)5-9/h6H,3-5H2,1-2H3,(H2,10,15)(H,11,12). The number of nitrogens with two attached hydrogens (primary N) is 1. The van der Waals surface area contributed by atoms with E-state index in [0.29, 0.717) is 6.42 Å². The van der Waals surface area contributed by atoms with Crippen LogP contribution in [-0.2, 0) is 14.6 Å². The first-order valence-corrected chi connectivity index (χ1v) is 7.20. The van der Waals surface area contributed by atoms with Crippen molar-refractivity contribution in [3.8, 4) is 0 Å². The highest BCUT2D eigenvalue weighted by molar-refractivity contribution is 7.91. The van der Waals surface area contributed by atoms with Crippen molar-refractivity contribution in [2.75, 3.05) is 11.5 Å². The Labute approximate surface area is 101 Å². The van der Waals surface area contributed by atoms with E-state index in [1.165, 1.54) is 0 Å². The summed E-state index contributed by atoms with van der Waals surface area (Å²) < 4.78 is 22.7. The maximum atomic E-state index is 11.7. The van der Waals surface area contributed by atoms with Gasteiger partial charge in [0.1, 0.15) is 0 Å². The van der Waals surface area contributed by atoms with E-state index in [1.807, 2.05) is 0 Å². The van der Waals surface area contributed by atoms with Gasteiger partial charge < -0.3 is 11.1 Å². The van der Waals surface area contributed by atoms with E-state index in [4.69, 9.17) is 18.0 Å². The average molecular weight is 264 g/mol. The molecule has 7 heteroatoms. The molecule has 2 unspecified atom stereocenters. The lowest BCUT2D eigenvalue weighted by atomic mass is 10.0. The number of rotatable bonds is 3. The quantitative estimate of drug-likeness (QED) is 0.677. The second-order valence-electron chi connectivity index (χ2n) is 4.52. The molecule has 0 saturated carbocycles. The first-order valence-electron chi connectivity index (χ1n) is 4.97. The molecule has 1 heterocycles. The summed E-state index contributed by atoms with van der Waals surface area (Å²) in [6, 6.07) is 0. The van der Waals surface area contributed by atoms with Crippen molar-refractivity contribution < 1.29 is 13.2 Å². The van der Waals surface area contributed by atoms with E-state index >= 15 is 0 Å². The van der Waals surface area contributed by atoms with Crippen LogP contribution >= 0.6 is 12.2 Å². The normalized spacial score (nSPS) is 29.6. The number of hydrogen-bond acceptors (Lipinski definition) is 4. The fourth-order valence-corrected chi connectivity index (χ4v) is 3.84. The topological polar surface area (TPSA) is 89.3 Å². The van der Waals surface area contributed by atoms with E-state index in [-0.39, 0.29) is 22.4 Å². The second-order valence-corrected chi connectivity index (χ2v) is 7.17. The van der Waals surface area contributed by atoms with Gasteiger partial charge in [0.2, 0.25) is 5.91 Å². The van der Waals surface area contributed by atoms with Gasteiger partial charge in [-0.15, -0.1) is 0 Å². The summed E-state index contributed by atoms with van der Waals surface area (Å²) in [6.45, 7) is 3.33. The van der Waals surface area contributed by atoms with Crippen molar-refractivity contribution in [2.24, 2.45) is 11.7 Å². The number of carbonyl (C=O) groups is 1. The Morgan fingerprint density at radius 1 is 1.56 bits per heavy atom. The van der Waals surface area contributed by atoms with Crippen LogP contribution in [0.2, 0.25) is 0 Å². The smallest absolute Gasteiger partial charge is 0.230 e. The Morgan fingerprint density at radius 3 is 2.50 bits per heavy atom. The van der Waals surface area contributed by atoms with Crippen LogP contribution in [0.25, 0.3) is 0 Å². The summed E-state index contributed by atoms with van der Waals surface area (Å²) in [7, 11) is -3.02. The molecular weight excluding hydrogens is 248 g/mol. The van der Waals surface area contributed by atoms with Gasteiger partial charge in [0.05, 0.1) is 28.0 Å². The van der Waals surface area contributed by atoms with Gasteiger partial charge in [-0.3, -0.25) is 4.79 Å². The molecule has 1 aliphatic rings. The number of carbonyl (C=O) groups excluding carboxylic acids is 1. The van der Waals surface area contributed by atoms with Crippen LogP contribution < -0.4 is 11.1 Å². The minimum Gasteiger partial charge on any atom is -0.393 e. The van der Waals surface area contributed by atoms with Crippen molar-refractivity contribution in [1.82, 2.24) is 5.32 Å². The van der Waals surface area contributed by atoms with Gasteiger partial charge in [0.25, 0.3) is 0 Å². The van der Waals surface area contributed by atoms with Gasteiger partial charge in [-0.1, -0.05) is 12.2 Å². The molecular formula is C9H16N2O3S2. The highest BCUT2D eigenvalue weighted by Gasteiger charge is 2.40. The minimum absolute atomic E-state index is 0.0181. The molecule has 0 spiro atoms. The van der Waals surface area contributed by atoms with Gasteiger partial charge in [-0.2, -0.15) is 0 Å². The first-order chi connectivity index (χ1) is 7.15. The summed E-state index contributed by atoms with van der Waals surface area (Å²) in [5.41, 5.74) is 4.67. The van der Waals surface area contributed by atoms with E-state index in [1.54, 1.807) is 13.8 Å². The highest BCUT2D eigenvalue weighted by Crippen LogP contribution is 2.23. The number of sulfone groups is 1. The largest absolute Gasteiger partial charge is 0.393 e. The molecule has 1 saturated heterocycles. The minimum atomic E-state index is -3.02. The van der Waals surface area contributed by atoms with Gasteiger partial charge in [-0.25, -0.2) is 8.42 Å². The van der Waals surface area contributed by atoms with E-state index in [2.05, 4.69) is 5.32 Å². The zero-order valence-electron chi connectivity index (χ0n) is 9.32. The summed E-state index contributed by atoms with van der Waals surface area (Å²) in [6.07, 6.45) is 0.436. The molecule has 16 heavy (non-hydrogen) atoms. The molecule has 0 bridgehead atoms. The maximum absolute atomic E-state index is 11.7. The van der Waals surface area contributed by atoms with E-state index in [9.17, 15) is 13.2 Å². The lowest BCUT2D eigenvalue weighted by Gasteiger charge is -2.25. The fourth-order valence-electron chi connectivity index (χ4n) is 1.64. The van der Waals surface area contributed by atoms with Crippen LogP contribution in [0.4, 0.5) is 0 Å². The van der Waals surface area contributed by atoms with Crippen LogP contribution in [0, 0.1) is 5.92 Å². The predicted octanol–water partition coefficient (Wildman–Crippen LogP) is -0.398. The molecule has 1 fully saturated rings. The first kappa shape index (κ1) is 13.4. The van der Waals surface area contributed by atoms with Crippen molar-refractivity contribution in [1.29, 1.82) is 0 Å². The Bertz CT molecular complexity index is 418. The SMILES string of the molecule is CC(C(=O)NC1(C)CCS(=O)(=O)C1)C(N)=S. The summed E-state index contributed by atoms with van der Waals surface area (Å²) >= 11 is 4.72. The molecule has 0 aliphatic carbocycles. The zero-order chi connectivity index (χ0) is 12.6. The van der Waals surface area contributed by atoms with Crippen molar-refractivity contribution in [3.05, 3.63) is 0 Å². The number of amides is 1. The van der Waals surface area contributed by atoms with Crippen LogP contribution in [-0.4, -0.2) is 36.4 Å². The lowest BCUT2D eigenvalue weighted by Crippen LogP contribution is -2.50. The Balaban J connectivity index is 2.69. The van der Waals surface area contributed by atoms with E-state index in [0.717, 1.165) is 0 Å². The number of hydrogen-bond donors (Lipinski definition) is 2. The second kappa shape index (κ2) is 4.29. The van der Waals surface area contributed by atoms with Crippen LogP contribution in [0.5, 0.6) is 0 Å². The van der Waals surface area contributed by atoms with Gasteiger partial charge in [0, 0.05) is 0 Å². The van der Waals surface area contributed by atoms with Crippen LogP contribution in [0.1, 0.15) is 20.3 Å². The Kier molecular flexibility index (Phi) is 3.59. The maximum Gasteiger partial charge on any atom is 0.230 e. The summed E-state index contributed by atoms with van der Waals surface area (Å²) in [4.78, 5) is 11.8.